The second-order valence-electron chi connectivity index (χ2n) is 9.05. The van der Waals surface area contributed by atoms with Crippen molar-refractivity contribution >= 4 is 23.8 Å². The predicted octanol–water partition coefficient (Wildman–Crippen LogP) is 2.78. The van der Waals surface area contributed by atoms with Gasteiger partial charge in [0.05, 0.1) is 53.1 Å². The lowest BCUT2D eigenvalue weighted by atomic mass is 9.95. The molecule has 0 saturated carbocycles. The number of pyridine rings is 1. The molecule has 0 bridgehead atoms. The molecule has 0 amide bonds. The van der Waals surface area contributed by atoms with Crippen LogP contribution in [-0.4, -0.2) is 55.9 Å². The number of likely N-dealkylation sites (tertiary alicyclic amines) is 1. The van der Waals surface area contributed by atoms with Gasteiger partial charge in [-0.15, -0.1) is 0 Å². The van der Waals surface area contributed by atoms with Crippen LogP contribution in [0.2, 0.25) is 0 Å². The average molecular weight is 512 g/mol. The van der Waals surface area contributed by atoms with E-state index in [1.807, 2.05) is 24.3 Å². The van der Waals surface area contributed by atoms with Gasteiger partial charge in [-0.25, -0.2) is 9.97 Å². The quantitative estimate of drug-likeness (QED) is 0.233. The number of piperidine rings is 1. The van der Waals surface area contributed by atoms with Crippen LogP contribution >= 0.6 is 0 Å². The van der Waals surface area contributed by atoms with Gasteiger partial charge in [-0.3, -0.25) is 19.7 Å². The number of carboxylic acid groups (broad SMARTS) is 1. The number of carbonyl (C=O) groups is 1. The van der Waals surface area contributed by atoms with Gasteiger partial charge in [0.1, 0.15) is 5.71 Å². The minimum atomic E-state index is -0.718. The van der Waals surface area contributed by atoms with Gasteiger partial charge in [0, 0.05) is 11.6 Å². The molecule has 11 nitrogen and oxygen atoms in total. The molecular weight excluding hydrogens is 482 g/mol. The van der Waals surface area contributed by atoms with Gasteiger partial charge < -0.3 is 16.7 Å². The summed E-state index contributed by atoms with van der Waals surface area (Å²) in [6, 6.07) is 16.7. The first-order valence-corrected chi connectivity index (χ1v) is 12.2. The lowest BCUT2D eigenvalue weighted by Gasteiger charge is -2.34. The van der Waals surface area contributed by atoms with E-state index < -0.39 is 5.97 Å². The van der Waals surface area contributed by atoms with Crippen molar-refractivity contribution in [1.29, 1.82) is 5.26 Å². The standard InChI is InChI=1S/C27H29N9O2/c1-17(36-10-8-19(9-11-36)26(37)38)22-7-3-6-21(32-22)15-31-16-25(35-30)24-13-23(33-27(29)34-24)20-5-2-4-18(12-20)14-28/h2-7,12-13,16-17,19H,8-11,15,30H2,1H3,(H,37,38)(H2,29,33,34). The van der Waals surface area contributed by atoms with Crippen molar-refractivity contribution in [2.45, 2.75) is 32.4 Å². The van der Waals surface area contributed by atoms with Gasteiger partial charge >= 0.3 is 5.97 Å². The number of benzene rings is 1. The number of carboxylic acids is 1. The Bertz CT molecular complexity index is 1410. The first kappa shape index (κ1) is 26.4. The molecular formula is C27H29N9O2. The van der Waals surface area contributed by atoms with Crippen LogP contribution in [0, 0.1) is 17.2 Å². The topological polar surface area (TPSA) is 180 Å². The highest BCUT2D eigenvalue weighted by molar-refractivity contribution is 6.37. The van der Waals surface area contributed by atoms with Gasteiger partial charge in [0.15, 0.2) is 0 Å². The summed E-state index contributed by atoms with van der Waals surface area (Å²) < 4.78 is 0. The van der Waals surface area contributed by atoms with Crippen molar-refractivity contribution in [3.05, 3.63) is 71.2 Å². The number of rotatable bonds is 8. The zero-order chi connectivity index (χ0) is 27.1. The van der Waals surface area contributed by atoms with Crippen molar-refractivity contribution in [3.8, 4) is 17.3 Å². The molecule has 5 N–H and O–H groups in total. The maximum absolute atomic E-state index is 11.2. The van der Waals surface area contributed by atoms with Crippen molar-refractivity contribution in [2.24, 2.45) is 21.9 Å². The summed E-state index contributed by atoms with van der Waals surface area (Å²) in [6.07, 6.45) is 2.81. The van der Waals surface area contributed by atoms with Gasteiger partial charge in [-0.05, 0) is 63.2 Å². The Balaban J connectivity index is 1.45. The summed E-state index contributed by atoms with van der Waals surface area (Å²) in [4.78, 5) is 31.3. The number of nitrogen functional groups attached to an aromatic ring is 1. The van der Waals surface area contributed by atoms with E-state index in [-0.39, 0.29) is 17.9 Å². The molecule has 11 heteroatoms. The number of aromatic nitrogens is 3. The molecule has 0 radical (unpaired) electrons. The van der Waals surface area contributed by atoms with Crippen molar-refractivity contribution in [1.82, 2.24) is 19.9 Å². The number of aliphatic imine (C=N–C) groups is 1. The van der Waals surface area contributed by atoms with Crippen LogP contribution in [-0.2, 0) is 11.3 Å². The summed E-state index contributed by atoms with van der Waals surface area (Å²) in [5.74, 6) is 4.70. The summed E-state index contributed by atoms with van der Waals surface area (Å²) in [5, 5.41) is 22.3. The lowest BCUT2D eigenvalue weighted by Crippen LogP contribution is -2.38. The van der Waals surface area contributed by atoms with Crippen LogP contribution in [0.15, 0.2) is 58.6 Å². The third-order valence-corrected chi connectivity index (χ3v) is 6.58. The van der Waals surface area contributed by atoms with Crippen LogP contribution < -0.4 is 11.6 Å². The molecule has 1 aliphatic rings. The Hall–Kier alpha value is -4.69. The number of nitrogens with zero attached hydrogens (tertiary/aromatic N) is 7. The fourth-order valence-corrected chi connectivity index (χ4v) is 4.42. The Morgan fingerprint density at radius 2 is 1.97 bits per heavy atom. The van der Waals surface area contributed by atoms with E-state index >= 15 is 0 Å². The molecule has 2 aromatic heterocycles. The fraction of sp³-hybridized carbons (Fsp3) is 0.296. The molecule has 1 saturated heterocycles. The SMILES string of the molecule is CC(c1cccc(CN=CC(=NN)c2cc(-c3cccc(C#N)c3)nc(N)n2)n1)N1CCC(C(=O)O)CC1. The number of nitriles is 1. The van der Waals surface area contributed by atoms with E-state index in [1.165, 1.54) is 6.21 Å². The van der Waals surface area contributed by atoms with Crippen LogP contribution in [0.3, 0.4) is 0 Å². The Kier molecular flexibility index (Phi) is 8.35. The summed E-state index contributed by atoms with van der Waals surface area (Å²) in [6.45, 7) is 3.84. The number of nitrogens with two attached hydrogens (primary N) is 2. The van der Waals surface area contributed by atoms with Gasteiger partial charge in [-0.1, -0.05) is 18.2 Å². The van der Waals surface area contributed by atoms with Crippen molar-refractivity contribution in [3.63, 3.8) is 0 Å². The molecule has 1 aromatic carbocycles. The van der Waals surface area contributed by atoms with Gasteiger partial charge in [-0.2, -0.15) is 10.4 Å². The Morgan fingerprint density at radius 3 is 2.68 bits per heavy atom. The zero-order valence-corrected chi connectivity index (χ0v) is 21.0. The minimum absolute atomic E-state index is 0.0464. The van der Waals surface area contributed by atoms with Crippen molar-refractivity contribution in [2.75, 3.05) is 18.8 Å². The second-order valence-corrected chi connectivity index (χ2v) is 9.05. The largest absolute Gasteiger partial charge is 0.481 e. The minimum Gasteiger partial charge on any atom is -0.481 e. The van der Waals surface area contributed by atoms with Crippen molar-refractivity contribution < 1.29 is 9.90 Å². The van der Waals surface area contributed by atoms with E-state index in [0.717, 1.165) is 30.0 Å². The molecule has 1 aliphatic heterocycles. The molecule has 3 heterocycles. The maximum Gasteiger partial charge on any atom is 0.306 e. The fourth-order valence-electron chi connectivity index (χ4n) is 4.42. The monoisotopic (exact) mass is 511 g/mol. The summed E-state index contributed by atoms with van der Waals surface area (Å²) in [7, 11) is 0. The van der Waals surface area contributed by atoms with E-state index in [9.17, 15) is 15.2 Å². The summed E-state index contributed by atoms with van der Waals surface area (Å²) in [5.41, 5.74) is 10.1. The third kappa shape index (κ3) is 6.35. The summed E-state index contributed by atoms with van der Waals surface area (Å²) >= 11 is 0. The molecule has 0 spiro atoms. The Labute approximate surface area is 220 Å². The number of hydrazone groups is 1. The normalized spacial score (nSPS) is 15.8. The molecule has 1 fully saturated rings. The van der Waals surface area contributed by atoms with Crippen LogP contribution in [0.25, 0.3) is 11.3 Å². The molecule has 38 heavy (non-hydrogen) atoms. The average Bonchev–Trinajstić information content (AvgIpc) is 2.95. The van der Waals surface area contributed by atoms with Gasteiger partial charge in [0.25, 0.3) is 0 Å². The third-order valence-electron chi connectivity index (χ3n) is 6.58. The number of hydrogen-bond donors (Lipinski definition) is 3. The van der Waals surface area contributed by atoms with Crippen LogP contribution in [0.4, 0.5) is 5.95 Å². The van der Waals surface area contributed by atoms with E-state index in [4.69, 9.17) is 16.6 Å². The number of aliphatic carboxylic acids is 1. The molecule has 194 valence electrons. The van der Waals surface area contributed by atoms with E-state index in [2.05, 4.69) is 38.0 Å². The van der Waals surface area contributed by atoms with Crippen LogP contribution in [0.1, 0.15) is 48.5 Å². The second kappa shape index (κ2) is 12.0. The smallest absolute Gasteiger partial charge is 0.306 e. The highest BCUT2D eigenvalue weighted by Gasteiger charge is 2.27. The first-order chi connectivity index (χ1) is 18.4. The van der Waals surface area contributed by atoms with Crippen LogP contribution in [0.5, 0.6) is 0 Å². The highest BCUT2D eigenvalue weighted by Crippen LogP contribution is 2.26. The molecule has 1 atom stereocenters. The molecule has 0 aliphatic carbocycles. The van der Waals surface area contributed by atoms with Gasteiger partial charge in [0.2, 0.25) is 5.95 Å². The number of hydrogen-bond acceptors (Lipinski definition) is 10. The zero-order valence-electron chi connectivity index (χ0n) is 21.0. The maximum atomic E-state index is 11.2. The van der Waals surface area contributed by atoms with E-state index in [0.29, 0.717) is 42.0 Å². The lowest BCUT2D eigenvalue weighted by molar-refractivity contribution is -0.143. The Morgan fingerprint density at radius 1 is 1.21 bits per heavy atom. The molecule has 1 unspecified atom stereocenters. The predicted molar refractivity (Wildman–Crippen MR) is 144 cm³/mol. The molecule has 4 rings (SSSR count). The first-order valence-electron chi connectivity index (χ1n) is 12.2. The van der Waals surface area contributed by atoms with E-state index in [1.54, 1.807) is 24.3 Å². The molecule has 3 aromatic rings. The number of anilines is 1. The highest BCUT2D eigenvalue weighted by atomic mass is 16.4.